The number of esters is 1. The van der Waals surface area contributed by atoms with E-state index in [-0.39, 0.29) is 5.92 Å². The van der Waals surface area contributed by atoms with Crippen molar-refractivity contribution in [3.63, 3.8) is 0 Å². The van der Waals surface area contributed by atoms with Gasteiger partial charge in [0.1, 0.15) is 0 Å². The number of ether oxygens (including phenoxy) is 1. The number of anilines is 2. The van der Waals surface area contributed by atoms with E-state index in [1.54, 1.807) is 6.07 Å². The van der Waals surface area contributed by atoms with Gasteiger partial charge in [-0.2, -0.15) is 0 Å². The fourth-order valence-electron chi connectivity index (χ4n) is 1.98. The Morgan fingerprint density at radius 3 is 2.53 bits per heavy atom. The Kier molecular flexibility index (Phi) is 5.93. The lowest BCUT2D eigenvalue weighted by Gasteiger charge is -2.18. The second-order valence-electron chi connectivity index (χ2n) is 4.61. The maximum atomic E-state index is 11.2. The molecule has 0 aromatic heterocycles. The van der Waals surface area contributed by atoms with E-state index < -0.39 is 5.97 Å². The molecule has 0 bridgehead atoms. The van der Waals surface area contributed by atoms with Gasteiger partial charge in [0.05, 0.1) is 6.61 Å². The summed E-state index contributed by atoms with van der Waals surface area (Å²) in [5, 5.41) is 0. The molecule has 104 valence electrons. The van der Waals surface area contributed by atoms with Crippen molar-refractivity contribution in [1.29, 1.82) is 0 Å². The standard InChI is InChI=1S/C15H22N2O2/c1-3-5-6-11(10-19-15(18)4-2)12-7-13(16)9-14(17)8-12/h4,7-9,11H,2-3,5-6,10,16-17H2,1H3. The molecule has 0 fully saturated rings. The topological polar surface area (TPSA) is 78.3 Å². The third kappa shape index (κ3) is 5.04. The van der Waals surface area contributed by atoms with Crippen LogP contribution in [0.25, 0.3) is 0 Å². The van der Waals surface area contributed by atoms with Gasteiger partial charge in [-0.25, -0.2) is 4.79 Å². The summed E-state index contributed by atoms with van der Waals surface area (Å²) in [5.74, 6) is -0.284. The van der Waals surface area contributed by atoms with Crippen molar-refractivity contribution in [2.75, 3.05) is 18.1 Å². The fourth-order valence-corrected chi connectivity index (χ4v) is 1.98. The number of rotatable bonds is 7. The van der Waals surface area contributed by atoms with Crippen LogP contribution in [0.4, 0.5) is 11.4 Å². The molecule has 0 aliphatic heterocycles. The van der Waals surface area contributed by atoms with Gasteiger partial charge >= 0.3 is 5.97 Å². The number of hydrogen-bond donors (Lipinski definition) is 2. The van der Waals surface area contributed by atoms with Gasteiger partial charge in [-0.05, 0) is 30.2 Å². The molecule has 4 heteroatoms. The highest BCUT2D eigenvalue weighted by Gasteiger charge is 2.14. The number of unbranched alkanes of at least 4 members (excludes halogenated alkanes) is 1. The highest BCUT2D eigenvalue weighted by molar-refractivity contribution is 5.81. The lowest BCUT2D eigenvalue weighted by Crippen LogP contribution is -2.12. The summed E-state index contributed by atoms with van der Waals surface area (Å²) in [6.07, 6.45) is 4.25. The summed E-state index contributed by atoms with van der Waals surface area (Å²) in [5.41, 5.74) is 13.9. The average molecular weight is 262 g/mol. The predicted octanol–water partition coefficient (Wildman–Crippen LogP) is 2.85. The number of nitrogens with two attached hydrogens (primary N) is 2. The van der Waals surface area contributed by atoms with Gasteiger partial charge < -0.3 is 16.2 Å². The molecule has 1 atom stereocenters. The number of benzene rings is 1. The van der Waals surface area contributed by atoms with E-state index in [1.165, 1.54) is 6.08 Å². The first kappa shape index (κ1) is 15.1. The molecule has 19 heavy (non-hydrogen) atoms. The molecular weight excluding hydrogens is 240 g/mol. The first-order chi connectivity index (χ1) is 9.06. The molecule has 0 aliphatic carbocycles. The summed E-state index contributed by atoms with van der Waals surface area (Å²) < 4.78 is 5.15. The van der Waals surface area contributed by atoms with Crippen LogP contribution in [0.5, 0.6) is 0 Å². The van der Waals surface area contributed by atoms with Crippen molar-refractivity contribution in [1.82, 2.24) is 0 Å². The van der Waals surface area contributed by atoms with Crippen LogP contribution in [0.2, 0.25) is 0 Å². The Bertz CT molecular complexity index is 424. The highest BCUT2D eigenvalue weighted by Crippen LogP contribution is 2.26. The third-order valence-corrected chi connectivity index (χ3v) is 2.97. The Hall–Kier alpha value is -1.97. The van der Waals surface area contributed by atoms with Gasteiger partial charge in [0.2, 0.25) is 0 Å². The normalized spacial score (nSPS) is 11.8. The smallest absolute Gasteiger partial charge is 0.330 e. The lowest BCUT2D eigenvalue weighted by molar-refractivity contribution is -0.138. The monoisotopic (exact) mass is 262 g/mol. The van der Waals surface area contributed by atoms with E-state index in [9.17, 15) is 4.79 Å². The molecule has 0 saturated heterocycles. The maximum Gasteiger partial charge on any atom is 0.330 e. The molecule has 1 rings (SSSR count). The van der Waals surface area contributed by atoms with Crippen molar-refractivity contribution in [2.24, 2.45) is 0 Å². The molecule has 0 aliphatic rings. The molecule has 0 radical (unpaired) electrons. The third-order valence-electron chi connectivity index (χ3n) is 2.97. The van der Waals surface area contributed by atoms with Gasteiger partial charge in [0, 0.05) is 23.4 Å². The summed E-state index contributed by atoms with van der Waals surface area (Å²) >= 11 is 0. The molecule has 0 spiro atoms. The van der Waals surface area contributed by atoms with Gasteiger partial charge in [-0.15, -0.1) is 0 Å². The first-order valence-corrected chi connectivity index (χ1v) is 6.52. The summed E-state index contributed by atoms with van der Waals surface area (Å²) in [6, 6.07) is 5.49. The summed E-state index contributed by atoms with van der Waals surface area (Å²) in [4.78, 5) is 11.2. The zero-order chi connectivity index (χ0) is 14.3. The molecule has 1 aromatic rings. The van der Waals surface area contributed by atoms with Gasteiger partial charge in [-0.1, -0.05) is 26.3 Å². The zero-order valence-electron chi connectivity index (χ0n) is 11.4. The molecular formula is C15H22N2O2. The second-order valence-corrected chi connectivity index (χ2v) is 4.61. The molecule has 0 heterocycles. The van der Waals surface area contributed by atoms with Gasteiger partial charge in [-0.3, -0.25) is 0 Å². The second kappa shape index (κ2) is 7.46. The summed E-state index contributed by atoms with van der Waals surface area (Å²) in [6.45, 7) is 5.84. The SMILES string of the molecule is C=CC(=O)OCC(CCCC)c1cc(N)cc(N)c1. The van der Waals surface area contributed by atoms with Crippen LogP contribution in [0.1, 0.15) is 37.7 Å². The predicted molar refractivity (Wildman–Crippen MR) is 78.7 cm³/mol. The zero-order valence-corrected chi connectivity index (χ0v) is 11.4. The fraction of sp³-hybridized carbons (Fsp3) is 0.400. The highest BCUT2D eigenvalue weighted by atomic mass is 16.5. The maximum absolute atomic E-state index is 11.2. The largest absolute Gasteiger partial charge is 0.462 e. The molecule has 0 amide bonds. The Morgan fingerprint density at radius 2 is 2.00 bits per heavy atom. The lowest BCUT2D eigenvalue weighted by atomic mass is 9.93. The molecule has 4 nitrogen and oxygen atoms in total. The van der Waals surface area contributed by atoms with E-state index >= 15 is 0 Å². The quantitative estimate of drug-likeness (QED) is 0.450. The van der Waals surface area contributed by atoms with Crippen LogP contribution < -0.4 is 11.5 Å². The van der Waals surface area contributed by atoms with Crippen molar-refractivity contribution in [3.8, 4) is 0 Å². The molecule has 1 aromatic carbocycles. The number of hydrogen-bond acceptors (Lipinski definition) is 4. The number of carbonyl (C=O) groups excluding carboxylic acids is 1. The minimum absolute atomic E-state index is 0.120. The molecule has 4 N–H and O–H groups in total. The van der Waals surface area contributed by atoms with Gasteiger partial charge in [0.25, 0.3) is 0 Å². The van der Waals surface area contributed by atoms with Crippen molar-refractivity contribution in [2.45, 2.75) is 32.1 Å². The Labute approximate surface area is 114 Å². The summed E-state index contributed by atoms with van der Waals surface area (Å²) in [7, 11) is 0. The minimum atomic E-state index is -0.404. The van der Waals surface area contributed by atoms with Crippen LogP contribution in [-0.2, 0) is 9.53 Å². The first-order valence-electron chi connectivity index (χ1n) is 6.52. The molecule has 1 unspecified atom stereocenters. The van der Waals surface area contributed by atoms with E-state index in [0.717, 1.165) is 24.8 Å². The van der Waals surface area contributed by atoms with Crippen LogP contribution in [0.15, 0.2) is 30.9 Å². The van der Waals surface area contributed by atoms with E-state index in [1.807, 2.05) is 12.1 Å². The van der Waals surface area contributed by atoms with E-state index in [2.05, 4.69) is 13.5 Å². The van der Waals surface area contributed by atoms with Crippen molar-refractivity contribution in [3.05, 3.63) is 36.4 Å². The van der Waals surface area contributed by atoms with E-state index in [4.69, 9.17) is 16.2 Å². The van der Waals surface area contributed by atoms with Gasteiger partial charge in [0.15, 0.2) is 0 Å². The number of carbonyl (C=O) groups is 1. The van der Waals surface area contributed by atoms with Crippen LogP contribution >= 0.6 is 0 Å². The molecule has 0 saturated carbocycles. The Balaban J connectivity index is 2.82. The van der Waals surface area contributed by atoms with Crippen molar-refractivity contribution < 1.29 is 9.53 Å². The van der Waals surface area contributed by atoms with Crippen LogP contribution in [0, 0.1) is 0 Å². The number of nitrogen functional groups attached to an aromatic ring is 2. The minimum Gasteiger partial charge on any atom is -0.462 e. The van der Waals surface area contributed by atoms with E-state index in [0.29, 0.717) is 18.0 Å². The van der Waals surface area contributed by atoms with Crippen LogP contribution in [0.3, 0.4) is 0 Å². The van der Waals surface area contributed by atoms with Crippen LogP contribution in [-0.4, -0.2) is 12.6 Å². The Morgan fingerprint density at radius 1 is 1.37 bits per heavy atom. The average Bonchev–Trinajstić information content (AvgIpc) is 2.37. The van der Waals surface area contributed by atoms with Crippen molar-refractivity contribution >= 4 is 17.3 Å².